The second kappa shape index (κ2) is 5.70. The molecule has 0 amide bonds. The fraction of sp³-hybridized carbons (Fsp3) is 0.250. The Kier molecular flexibility index (Phi) is 4.01. The molecule has 0 spiro atoms. The predicted octanol–water partition coefficient (Wildman–Crippen LogP) is 2.12. The van der Waals surface area contributed by atoms with Gasteiger partial charge in [0.05, 0.1) is 23.1 Å². The summed E-state index contributed by atoms with van der Waals surface area (Å²) in [5.41, 5.74) is 0.845. The Morgan fingerprint density at radius 2 is 2.24 bits per heavy atom. The first-order chi connectivity index (χ1) is 8.31. The number of rotatable bonds is 5. The highest BCUT2D eigenvalue weighted by atomic mass is 35.5. The Bertz CT molecular complexity index is 484. The molecule has 0 bridgehead atoms. The minimum atomic E-state index is 0.616. The van der Waals surface area contributed by atoms with Crippen molar-refractivity contribution < 1.29 is 4.74 Å². The lowest BCUT2D eigenvalue weighted by Crippen LogP contribution is -2.15. The quantitative estimate of drug-likeness (QED) is 0.828. The van der Waals surface area contributed by atoms with Crippen molar-refractivity contribution in [1.29, 1.82) is 0 Å². The normalized spacial score (nSPS) is 10.5. The van der Waals surface area contributed by atoms with E-state index < -0.39 is 0 Å². The smallest absolute Gasteiger partial charge is 0.157 e. The lowest BCUT2D eigenvalue weighted by molar-refractivity contribution is 0.318. The van der Waals surface area contributed by atoms with Crippen molar-refractivity contribution in [3.8, 4) is 11.4 Å². The predicted molar refractivity (Wildman–Crippen MR) is 68.0 cm³/mol. The summed E-state index contributed by atoms with van der Waals surface area (Å²) in [4.78, 5) is 0. The number of nitrogens with one attached hydrogen (secondary N) is 1. The lowest BCUT2D eigenvalue weighted by atomic mass is 10.3. The third kappa shape index (κ3) is 2.99. The molecule has 2 aromatic rings. The van der Waals surface area contributed by atoms with E-state index in [9.17, 15) is 0 Å². The van der Waals surface area contributed by atoms with E-state index in [0.29, 0.717) is 11.6 Å². The third-order valence-electron chi connectivity index (χ3n) is 2.28. The van der Waals surface area contributed by atoms with Gasteiger partial charge in [-0.1, -0.05) is 23.7 Å². The van der Waals surface area contributed by atoms with E-state index >= 15 is 0 Å². The maximum Gasteiger partial charge on any atom is 0.157 e. The molecule has 0 fully saturated rings. The molecule has 0 radical (unpaired) electrons. The highest BCUT2D eigenvalue weighted by Gasteiger charge is 2.04. The first-order valence-corrected chi connectivity index (χ1v) is 5.76. The van der Waals surface area contributed by atoms with E-state index in [1.807, 2.05) is 37.5 Å². The van der Waals surface area contributed by atoms with Crippen LogP contribution in [0.2, 0.25) is 5.02 Å². The molecule has 0 saturated carbocycles. The van der Waals surface area contributed by atoms with Crippen LogP contribution < -0.4 is 10.1 Å². The second-order valence-electron chi connectivity index (χ2n) is 3.52. The molecule has 1 heterocycles. The van der Waals surface area contributed by atoms with E-state index in [1.54, 1.807) is 10.9 Å². The molecule has 1 aromatic heterocycles. The Hall–Kier alpha value is -1.52. The van der Waals surface area contributed by atoms with E-state index in [4.69, 9.17) is 16.3 Å². The maximum atomic E-state index is 6.08. The highest BCUT2D eigenvalue weighted by molar-refractivity contribution is 6.32. The summed E-state index contributed by atoms with van der Waals surface area (Å²) in [6.45, 7) is 1.42. The van der Waals surface area contributed by atoms with Crippen molar-refractivity contribution in [2.24, 2.45) is 0 Å². The monoisotopic (exact) mass is 251 g/mol. The van der Waals surface area contributed by atoms with Crippen molar-refractivity contribution in [2.75, 3.05) is 20.2 Å². The molecule has 90 valence electrons. The lowest BCUT2D eigenvalue weighted by Gasteiger charge is -2.03. The summed E-state index contributed by atoms with van der Waals surface area (Å²) in [5.74, 6) is 0.736. The number of ether oxygens (including phenoxy) is 1. The van der Waals surface area contributed by atoms with Crippen LogP contribution in [-0.2, 0) is 0 Å². The summed E-state index contributed by atoms with van der Waals surface area (Å²) in [7, 11) is 1.89. The van der Waals surface area contributed by atoms with Crippen molar-refractivity contribution in [3.63, 3.8) is 0 Å². The highest BCUT2D eigenvalue weighted by Crippen LogP contribution is 2.21. The SMILES string of the molecule is CNCCOc1cnn(-c2ccccc2Cl)c1. The zero-order valence-corrected chi connectivity index (χ0v) is 10.3. The molecule has 1 N–H and O–H groups in total. The van der Waals surface area contributed by atoms with Gasteiger partial charge in [-0.25, -0.2) is 4.68 Å². The van der Waals surface area contributed by atoms with Gasteiger partial charge >= 0.3 is 0 Å². The van der Waals surface area contributed by atoms with Gasteiger partial charge in [0.2, 0.25) is 0 Å². The largest absolute Gasteiger partial charge is 0.489 e. The average Bonchev–Trinajstić information content (AvgIpc) is 2.79. The molecule has 0 saturated heterocycles. The van der Waals surface area contributed by atoms with E-state index in [1.165, 1.54) is 0 Å². The minimum Gasteiger partial charge on any atom is -0.489 e. The van der Waals surface area contributed by atoms with E-state index in [0.717, 1.165) is 18.0 Å². The molecule has 0 aliphatic heterocycles. The molecular formula is C12H14ClN3O. The van der Waals surface area contributed by atoms with E-state index in [2.05, 4.69) is 10.4 Å². The molecule has 0 atom stereocenters. The number of para-hydroxylation sites is 1. The Balaban J connectivity index is 2.10. The first kappa shape index (κ1) is 12.0. The molecule has 0 unspecified atom stereocenters. The number of aromatic nitrogens is 2. The molecule has 5 heteroatoms. The van der Waals surface area contributed by atoms with Crippen LogP contribution in [0.3, 0.4) is 0 Å². The minimum absolute atomic E-state index is 0.616. The van der Waals surface area contributed by atoms with Gasteiger partial charge in [-0.2, -0.15) is 5.10 Å². The second-order valence-corrected chi connectivity index (χ2v) is 3.93. The number of likely N-dealkylation sites (N-methyl/N-ethyl adjacent to an activating group) is 1. The summed E-state index contributed by atoms with van der Waals surface area (Å²) < 4.78 is 7.20. The Morgan fingerprint density at radius 3 is 3.00 bits per heavy atom. The van der Waals surface area contributed by atoms with Crippen molar-refractivity contribution in [2.45, 2.75) is 0 Å². The van der Waals surface area contributed by atoms with Gasteiger partial charge in [-0.3, -0.25) is 0 Å². The van der Waals surface area contributed by atoms with Crippen molar-refractivity contribution >= 4 is 11.6 Å². The number of hydrogen-bond donors (Lipinski definition) is 1. The van der Waals surface area contributed by atoms with Crippen LogP contribution in [-0.4, -0.2) is 30.0 Å². The van der Waals surface area contributed by atoms with Gasteiger partial charge in [0, 0.05) is 6.54 Å². The maximum absolute atomic E-state index is 6.08. The number of halogens is 1. The van der Waals surface area contributed by atoms with Gasteiger partial charge in [0.1, 0.15) is 6.61 Å². The van der Waals surface area contributed by atoms with Gasteiger partial charge < -0.3 is 10.1 Å². The number of benzene rings is 1. The Morgan fingerprint density at radius 1 is 1.41 bits per heavy atom. The summed E-state index contributed by atoms with van der Waals surface area (Å²) >= 11 is 6.08. The van der Waals surface area contributed by atoms with Crippen molar-refractivity contribution in [1.82, 2.24) is 15.1 Å². The zero-order valence-electron chi connectivity index (χ0n) is 9.56. The van der Waals surface area contributed by atoms with Gasteiger partial charge in [0.25, 0.3) is 0 Å². The average molecular weight is 252 g/mol. The number of hydrogen-bond acceptors (Lipinski definition) is 3. The van der Waals surface area contributed by atoms with Gasteiger partial charge in [-0.15, -0.1) is 0 Å². The van der Waals surface area contributed by atoms with Crippen LogP contribution in [0, 0.1) is 0 Å². The molecule has 4 nitrogen and oxygen atoms in total. The molecular weight excluding hydrogens is 238 g/mol. The summed E-state index contributed by atoms with van der Waals surface area (Å²) in [6, 6.07) is 7.55. The number of nitrogens with zero attached hydrogens (tertiary/aromatic N) is 2. The standard InChI is InChI=1S/C12H14ClN3O/c1-14-6-7-17-10-8-15-16(9-10)12-5-3-2-4-11(12)13/h2-5,8-9,14H,6-7H2,1H3. The van der Waals surface area contributed by atoms with Crippen LogP contribution in [0.1, 0.15) is 0 Å². The van der Waals surface area contributed by atoms with Crippen LogP contribution in [0.15, 0.2) is 36.7 Å². The van der Waals surface area contributed by atoms with Crippen LogP contribution in [0.5, 0.6) is 5.75 Å². The summed E-state index contributed by atoms with van der Waals surface area (Å²) in [5, 5.41) is 7.89. The zero-order chi connectivity index (χ0) is 12.1. The van der Waals surface area contributed by atoms with Gasteiger partial charge in [0.15, 0.2) is 5.75 Å². The van der Waals surface area contributed by atoms with E-state index in [-0.39, 0.29) is 0 Å². The topological polar surface area (TPSA) is 39.1 Å². The summed E-state index contributed by atoms with van der Waals surface area (Å²) in [6.07, 6.45) is 3.50. The molecule has 1 aromatic carbocycles. The molecule has 0 aliphatic rings. The third-order valence-corrected chi connectivity index (χ3v) is 2.60. The van der Waals surface area contributed by atoms with Crippen LogP contribution in [0.4, 0.5) is 0 Å². The first-order valence-electron chi connectivity index (χ1n) is 5.38. The van der Waals surface area contributed by atoms with Crippen LogP contribution >= 0.6 is 11.6 Å². The van der Waals surface area contributed by atoms with Crippen LogP contribution in [0.25, 0.3) is 5.69 Å². The molecule has 2 rings (SSSR count). The fourth-order valence-electron chi connectivity index (χ4n) is 1.42. The molecule has 0 aliphatic carbocycles. The molecule has 17 heavy (non-hydrogen) atoms. The fourth-order valence-corrected chi connectivity index (χ4v) is 1.64. The van der Waals surface area contributed by atoms with Crippen molar-refractivity contribution in [3.05, 3.63) is 41.7 Å². The Labute approximate surface area is 105 Å². The van der Waals surface area contributed by atoms with Gasteiger partial charge in [-0.05, 0) is 19.2 Å².